The van der Waals surface area contributed by atoms with E-state index >= 15 is 0 Å². The SMILES string of the molecule is Cn1c(CCc2ccco2)nc2ccc(Cl)cc21. The lowest BCUT2D eigenvalue weighted by Crippen LogP contribution is -1.99. The topological polar surface area (TPSA) is 31.0 Å². The minimum atomic E-state index is 0.739. The van der Waals surface area contributed by atoms with Gasteiger partial charge in [0.05, 0.1) is 17.3 Å². The van der Waals surface area contributed by atoms with E-state index in [0.717, 1.165) is 40.5 Å². The molecule has 92 valence electrons. The number of halogens is 1. The standard InChI is InChI=1S/C14H13ClN2O/c1-17-13-9-10(15)4-6-12(13)16-14(17)7-5-11-3-2-8-18-11/h2-4,6,8-9H,5,7H2,1H3. The van der Waals surface area contributed by atoms with Gasteiger partial charge in [0.2, 0.25) is 0 Å². The fraction of sp³-hybridized carbons (Fsp3) is 0.214. The minimum Gasteiger partial charge on any atom is -0.469 e. The van der Waals surface area contributed by atoms with Gasteiger partial charge in [0, 0.05) is 24.9 Å². The molecule has 0 radical (unpaired) electrons. The van der Waals surface area contributed by atoms with Crippen molar-refractivity contribution < 1.29 is 4.42 Å². The van der Waals surface area contributed by atoms with Crippen LogP contribution in [0.4, 0.5) is 0 Å². The summed E-state index contributed by atoms with van der Waals surface area (Å²) in [5, 5.41) is 0.739. The highest BCUT2D eigenvalue weighted by molar-refractivity contribution is 6.31. The van der Waals surface area contributed by atoms with Gasteiger partial charge in [-0.2, -0.15) is 0 Å². The van der Waals surface area contributed by atoms with E-state index in [1.54, 1.807) is 6.26 Å². The second kappa shape index (κ2) is 4.50. The Morgan fingerprint density at radius 3 is 2.94 bits per heavy atom. The molecule has 2 aromatic heterocycles. The van der Waals surface area contributed by atoms with Crippen LogP contribution in [0.5, 0.6) is 0 Å². The first-order chi connectivity index (χ1) is 8.74. The lowest BCUT2D eigenvalue weighted by atomic mass is 10.2. The van der Waals surface area contributed by atoms with Gasteiger partial charge in [-0.25, -0.2) is 4.98 Å². The van der Waals surface area contributed by atoms with Gasteiger partial charge < -0.3 is 8.98 Å². The fourth-order valence-electron chi connectivity index (χ4n) is 2.13. The summed E-state index contributed by atoms with van der Waals surface area (Å²) in [7, 11) is 2.02. The van der Waals surface area contributed by atoms with Crippen LogP contribution in [0.25, 0.3) is 11.0 Å². The highest BCUT2D eigenvalue weighted by Gasteiger charge is 2.08. The van der Waals surface area contributed by atoms with Crippen LogP contribution in [-0.2, 0) is 19.9 Å². The number of fused-ring (bicyclic) bond motifs is 1. The van der Waals surface area contributed by atoms with Crippen molar-refractivity contribution in [2.24, 2.45) is 7.05 Å². The van der Waals surface area contributed by atoms with Crippen molar-refractivity contribution in [3.63, 3.8) is 0 Å². The fourth-order valence-corrected chi connectivity index (χ4v) is 2.29. The number of benzene rings is 1. The molecule has 3 nitrogen and oxygen atoms in total. The zero-order valence-corrected chi connectivity index (χ0v) is 10.8. The molecule has 2 heterocycles. The summed E-state index contributed by atoms with van der Waals surface area (Å²) in [6, 6.07) is 9.66. The molecule has 0 spiro atoms. The lowest BCUT2D eigenvalue weighted by molar-refractivity contribution is 0.505. The third kappa shape index (κ3) is 2.02. The lowest BCUT2D eigenvalue weighted by Gasteiger charge is -2.01. The Morgan fingerprint density at radius 2 is 2.17 bits per heavy atom. The molecule has 0 fully saturated rings. The number of rotatable bonds is 3. The van der Waals surface area contributed by atoms with Crippen LogP contribution >= 0.6 is 11.6 Å². The number of hydrogen-bond donors (Lipinski definition) is 0. The van der Waals surface area contributed by atoms with E-state index in [4.69, 9.17) is 16.0 Å². The maximum absolute atomic E-state index is 6.00. The molecule has 0 aliphatic rings. The first-order valence-corrected chi connectivity index (χ1v) is 6.25. The van der Waals surface area contributed by atoms with Crippen LogP contribution in [0.1, 0.15) is 11.6 Å². The highest BCUT2D eigenvalue weighted by Crippen LogP contribution is 2.20. The highest BCUT2D eigenvalue weighted by atomic mass is 35.5. The molecule has 0 N–H and O–H groups in total. The van der Waals surface area contributed by atoms with Gasteiger partial charge >= 0.3 is 0 Å². The Kier molecular flexibility index (Phi) is 2.84. The van der Waals surface area contributed by atoms with Crippen molar-refractivity contribution in [2.75, 3.05) is 0 Å². The van der Waals surface area contributed by atoms with E-state index in [0.29, 0.717) is 0 Å². The summed E-state index contributed by atoms with van der Waals surface area (Å²) in [5.41, 5.74) is 2.05. The van der Waals surface area contributed by atoms with E-state index in [2.05, 4.69) is 9.55 Å². The Balaban J connectivity index is 1.90. The van der Waals surface area contributed by atoms with E-state index < -0.39 is 0 Å². The summed E-state index contributed by atoms with van der Waals surface area (Å²) >= 11 is 6.00. The van der Waals surface area contributed by atoms with Gasteiger partial charge in [-0.05, 0) is 30.3 Å². The molecule has 3 aromatic rings. The molecule has 0 atom stereocenters. The summed E-state index contributed by atoms with van der Waals surface area (Å²) in [6.07, 6.45) is 3.41. The average Bonchev–Trinajstić information content (AvgIpc) is 2.97. The van der Waals surface area contributed by atoms with Crippen LogP contribution in [0.15, 0.2) is 41.0 Å². The van der Waals surface area contributed by atoms with Crippen molar-refractivity contribution in [3.8, 4) is 0 Å². The maximum Gasteiger partial charge on any atom is 0.110 e. The Morgan fingerprint density at radius 1 is 1.28 bits per heavy atom. The summed E-state index contributed by atoms with van der Waals surface area (Å²) in [5.74, 6) is 2.03. The van der Waals surface area contributed by atoms with Crippen molar-refractivity contribution in [1.29, 1.82) is 0 Å². The van der Waals surface area contributed by atoms with Gasteiger partial charge in [0.1, 0.15) is 11.6 Å². The molecule has 0 amide bonds. The predicted octanol–water partition coefficient (Wildman–Crippen LogP) is 3.60. The van der Waals surface area contributed by atoms with E-state index in [1.165, 1.54) is 0 Å². The van der Waals surface area contributed by atoms with E-state index in [9.17, 15) is 0 Å². The number of aromatic nitrogens is 2. The largest absolute Gasteiger partial charge is 0.469 e. The molecule has 0 bridgehead atoms. The minimum absolute atomic E-state index is 0.739. The van der Waals surface area contributed by atoms with Crippen molar-refractivity contribution in [3.05, 3.63) is 53.2 Å². The van der Waals surface area contributed by atoms with Gasteiger partial charge in [-0.3, -0.25) is 0 Å². The monoisotopic (exact) mass is 260 g/mol. The first kappa shape index (κ1) is 11.4. The van der Waals surface area contributed by atoms with Gasteiger partial charge in [-0.15, -0.1) is 0 Å². The van der Waals surface area contributed by atoms with Crippen LogP contribution in [0.3, 0.4) is 0 Å². The molecule has 0 saturated heterocycles. The summed E-state index contributed by atoms with van der Waals surface area (Å²) in [4.78, 5) is 4.62. The van der Waals surface area contributed by atoms with Gasteiger partial charge in [0.25, 0.3) is 0 Å². The summed E-state index contributed by atoms with van der Waals surface area (Å²) < 4.78 is 7.42. The quantitative estimate of drug-likeness (QED) is 0.720. The van der Waals surface area contributed by atoms with E-state index in [1.807, 2.05) is 37.4 Å². The molecular formula is C14H13ClN2O. The Labute approximate surface area is 110 Å². The molecule has 1 aromatic carbocycles. The first-order valence-electron chi connectivity index (χ1n) is 5.87. The number of aryl methyl sites for hydroxylation is 3. The van der Waals surface area contributed by atoms with Crippen molar-refractivity contribution in [1.82, 2.24) is 9.55 Å². The normalized spacial score (nSPS) is 11.2. The maximum atomic E-state index is 6.00. The zero-order chi connectivity index (χ0) is 12.5. The van der Waals surface area contributed by atoms with Crippen LogP contribution in [0, 0.1) is 0 Å². The number of furan rings is 1. The Bertz CT molecular complexity index is 670. The van der Waals surface area contributed by atoms with Crippen LogP contribution in [-0.4, -0.2) is 9.55 Å². The predicted molar refractivity (Wildman–Crippen MR) is 71.8 cm³/mol. The van der Waals surface area contributed by atoms with Crippen molar-refractivity contribution >= 4 is 22.6 Å². The average molecular weight is 261 g/mol. The molecule has 0 aliphatic heterocycles. The van der Waals surface area contributed by atoms with E-state index in [-0.39, 0.29) is 0 Å². The van der Waals surface area contributed by atoms with Gasteiger partial charge in [-0.1, -0.05) is 11.6 Å². The number of hydrogen-bond acceptors (Lipinski definition) is 2. The molecule has 18 heavy (non-hydrogen) atoms. The summed E-state index contributed by atoms with van der Waals surface area (Å²) in [6.45, 7) is 0. The third-order valence-corrected chi connectivity index (χ3v) is 3.35. The van der Waals surface area contributed by atoms with Crippen molar-refractivity contribution in [2.45, 2.75) is 12.8 Å². The number of imidazole rings is 1. The molecule has 0 saturated carbocycles. The molecule has 0 unspecified atom stereocenters. The third-order valence-electron chi connectivity index (χ3n) is 3.11. The molecule has 3 rings (SSSR count). The molecule has 4 heteroatoms. The molecule has 0 aliphatic carbocycles. The van der Waals surface area contributed by atoms with Gasteiger partial charge in [0.15, 0.2) is 0 Å². The zero-order valence-electron chi connectivity index (χ0n) is 10.1. The van der Waals surface area contributed by atoms with Crippen LogP contribution < -0.4 is 0 Å². The smallest absolute Gasteiger partial charge is 0.110 e. The second-order valence-electron chi connectivity index (χ2n) is 4.30. The number of nitrogens with zero attached hydrogens (tertiary/aromatic N) is 2. The molecular weight excluding hydrogens is 248 g/mol. The second-order valence-corrected chi connectivity index (χ2v) is 4.74. The Hall–Kier alpha value is -1.74. The van der Waals surface area contributed by atoms with Crippen LogP contribution in [0.2, 0.25) is 5.02 Å².